The second-order valence-electron chi connectivity index (χ2n) is 6.65. The summed E-state index contributed by atoms with van der Waals surface area (Å²) >= 11 is 0. The largest absolute Gasteiger partial charge is 0.372 e. The van der Waals surface area contributed by atoms with Gasteiger partial charge in [-0.25, -0.2) is 0 Å². The van der Waals surface area contributed by atoms with Crippen molar-refractivity contribution in [3.8, 4) is 0 Å². The van der Waals surface area contributed by atoms with Gasteiger partial charge in [0.15, 0.2) is 5.60 Å². The highest BCUT2D eigenvalue weighted by molar-refractivity contribution is 5.90. The first-order chi connectivity index (χ1) is 11.6. The number of benzene rings is 2. The van der Waals surface area contributed by atoms with Crippen LogP contribution in [-0.2, 0) is 10.4 Å². The Bertz CT molecular complexity index is 623. The van der Waals surface area contributed by atoms with E-state index in [2.05, 4.69) is 0 Å². The zero-order valence-electron chi connectivity index (χ0n) is 14.2. The van der Waals surface area contributed by atoms with Crippen LogP contribution < -0.4 is 0 Å². The van der Waals surface area contributed by atoms with Gasteiger partial charge in [-0.05, 0) is 24.0 Å². The van der Waals surface area contributed by atoms with Gasteiger partial charge in [-0.1, -0.05) is 79.9 Å². The van der Waals surface area contributed by atoms with E-state index >= 15 is 0 Å². The fourth-order valence-electron chi connectivity index (χ4n) is 3.66. The van der Waals surface area contributed by atoms with E-state index in [0.29, 0.717) is 11.1 Å². The minimum Gasteiger partial charge on any atom is -0.372 e. The number of carbonyl (C=O) groups excluding carboxylic acids is 1. The molecular weight excluding hydrogens is 298 g/mol. The number of nitrogens with zero attached hydrogens (tertiary/aromatic N) is 1. The van der Waals surface area contributed by atoms with Gasteiger partial charge in [-0.2, -0.15) is 0 Å². The molecule has 24 heavy (non-hydrogen) atoms. The van der Waals surface area contributed by atoms with E-state index in [9.17, 15) is 9.90 Å². The zero-order chi connectivity index (χ0) is 17.0. The summed E-state index contributed by atoms with van der Waals surface area (Å²) < 4.78 is 0. The molecule has 1 fully saturated rings. The third-order valence-electron chi connectivity index (χ3n) is 5.14. The van der Waals surface area contributed by atoms with Crippen LogP contribution >= 0.6 is 0 Å². The van der Waals surface area contributed by atoms with Crippen molar-refractivity contribution >= 4 is 5.91 Å². The smallest absolute Gasteiger partial charge is 0.263 e. The van der Waals surface area contributed by atoms with Gasteiger partial charge in [-0.15, -0.1) is 0 Å². The maximum atomic E-state index is 13.3. The Labute approximate surface area is 143 Å². The molecule has 1 aliphatic rings. The second kappa shape index (κ2) is 7.18. The normalized spacial score (nSPS) is 15.9. The molecule has 3 nitrogen and oxygen atoms in total. The molecular formula is C21H25NO2. The van der Waals surface area contributed by atoms with Gasteiger partial charge in [0.1, 0.15) is 0 Å². The minimum atomic E-state index is -1.64. The molecule has 0 aliphatic heterocycles. The van der Waals surface area contributed by atoms with Gasteiger partial charge in [0.05, 0.1) is 0 Å². The predicted molar refractivity (Wildman–Crippen MR) is 95.5 cm³/mol. The first-order valence-electron chi connectivity index (χ1n) is 8.74. The lowest BCUT2D eigenvalue weighted by Crippen LogP contribution is -2.50. The Morgan fingerprint density at radius 1 is 0.917 bits per heavy atom. The summed E-state index contributed by atoms with van der Waals surface area (Å²) in [6.07, 6.45) is 5.57. The van der Waals surface area contributed by atoms with Gasteiger partial charge in [-0.3, -0.25) is 4.79 Å². The maximum absolute atomic E-state index is 13.3. The van der Waals surface area contributed by atoms with Crippen molar-refractivity contribution in [3.63, 3.8) is 0 Å². The molecule has 1 N–H and O–H groups in total. The van der Waals surface area contributed by atoms with E-state index in [0.717, 1.165) is 25.7 Å². The lowest BCUT2D eigenvalue weighted by Gasteiger charge is -2.37. The summed E-state index contributed by atoms with van der Waals surface area (Å²) in [5.74, 6) is -0.244. The number of carbonyl (C=O) groups is 1. The lowest BCUT2D eigenvalue weighted by molar-refractivity contribution is -0.149. The number of rotatable bonds is 4. The highest BCUT2D eigenvalue weighted by Gasteiger charge is 2.43. The summed E-state index contributed by atoms with van der Waals surface area (Å²) in [5, 5.41) is 11.5. The fraction of sp³-hybridized carbons (Fsp3) is 0.381. The Morgan fingerprint density at radius 3 is 1.83 bits per heavy atom. The minimum absolute atomic E-state index is 0.213. The third kappa shape index (κ3) is 3.09. The van der Waals surface area contributed by atoms with Crippen LogP contribution in [0.3, 0.4) is 0 Å². The maximum Gasteiger partial charge on any atom is 0.263 e. The van der Waals surface area contributed by atoms with Crippen molar-refractivity contribution in [2.45, 2.75) is 43.7 Å². The average Bonchev–Trinajstić information content (AvgIpc) is 2.68. The molecule has 0 heterocycles. The number of hydrogen-bond donors (Lipinski definition) is 1. The molecule has 0 radical (unpaired) electrons. The molecule has 0 bridgehead atoms. The Kier molecular flexibility index (Phi) is 5.00. The summed E-state index contributed by atoms with van der Waals surface area (Å²) in [7, 11) is 1.83. The Hall–Kier alpha value is -2.13. The number of hydrogen-bond acceptors (Lipinski definition) is 2. The molecule has 0 spiro atoms. The van der Waals surface area contributed by atoms with E-state index < -0.39 is 5.60 Å². The van der Waals surface area contributed by atoms with Crippen LogP contribution in [0, 0.1) is 0 Å². The number of likely N-dealkylation sites (N-methyl/N-ethyl adjacent to an activating group) is 1. The summed E-state index contributed by atoms with van der Waals surface area (Å²) in [6.45, 7) is 0. The van der Waals surface area contributed by atoms with E-state index in [-0.39, 0.29) is 11.9 Å². The molecule has 2 aromatic rings. The molecule has 0 saturated heterocycles. The van der Waals surface area contributed by atoms with Crippen molar-refractivity contribution in [2.24, 2.45) is 0 Å². The summed E-state index contributed by atoms with van der Waals surface area (Å²) in [5.41, 5.74) is -0.415. The predicted octanol–water partition coefficient (Wildman–Crippen LogP) is 3.71. The molecule has 0 unspecified atom stereocenters. The number of amides is 1. The first-order valence-corrected chi connectivity index (χ1v) is 8.74. The lowest BCUT2D eigenvalue weighted by atomic mass is 9.84. The molecule has 0 aromatic heterocycles. The summed E-state index contributed by atoms with van der Waals surface area (Å²) in [6, 6.07) is 18.7. The van der Waals surface area contributed by atoms with E-state index in [4.69, 9.17) is 0 Å². The quantitative estimate of drug-likeness (QED) is 0.932. The first kappa shape index (κ1) is 16.7. The topological polar surface area (TPSA) is 40.5 Å². The van der Waals surface area contributed by atoms with Crippen molar-refractivity contribution < 1.29 is 9.90 Å². The van der Waals surface area contributed by atoms with Crippen LogP contribution in [0.25, 0.3) is 0 Å². The molecule has 0 atom stereocenters. The SMILES string of the molecule is CN(C(=O)C(O)(c1ccccc1)c1ccccc1)C1CCCCC1. The van der Waals surface area contributed by atoms with Crippen LogP contribution in [0.4, 0.5) is 0 Å². The number of aliphatic hydroxyl groups is 1. The standard InChI is InChI=1S/C21H25NO2/c1-22(19-15-9-4-10-16-19)20(23)21(24,17-11-5-2-6-12-17)18-13-7-3-8-14-18/h2-3,5-8,11-14,19,24H,4,9-10,15-16H2,1H3. The molecule has 3 heteroatoms. The molecule has 1 amide bonds. The highest BCUT2D eigenvalue weighted by atomic mass is 16.3. The second-order valence-corrected chi connectivity index (χ2v) is 6.65. The molecule has 1 saturated carbocycles. The van der Waals surface area contributed by atoms with Gasteiger partial charge in [0.2, 0.25) is 0 Å². The van der Waals surface area contributed by atoms with E-state index in [1.54, 1.807) is 4.90 Å². The molecule has 2 aromatic carbocycles. The van der Waals surface area contributed by atoms with Crippen molar-refractivity contribution in [3.05, 3.63) is 71.8 Å². The monoisotopic (exact) mass is 323 g/mol. The Balaban J connectivity index is 2.00. The van der Waals surface area contributed by atoms with Crippen LogP contribution in [0.1, 0.15) is 43.2 Å². The van der Waals surface area contributed by atoms with Crippen LogP contribution in [0.2, 0.25) is 0 Å². The van der Waals surface area contributed by atoms with Crippen LogP contribution in [0.5, 0.6) is 0 Å². The van der Waals surface area contributed by atoms with Gasteiger partial charge < -0.3 is 10.0 Å². The fourth-order valence-corrected chi connectivity index (χ4v) is 3.66. The van der Waals surface area contributed by atoms with Gasteiger partial charge >= 0.3 is 0 Å². The van der Waals surface area contributed by atoms with E-state index in [1.807, 2.05) is 67.7 Å². The van der Waals surface area contributed by atoms with Crippen LogP contribution in [-0.4, -0.2) is 29.0 Å². The molecule has 1 aliphatic carbocycles. The van der Waals surface area contributed by atoms with Gasteiger partial charge in [0, 0.05) is 13.1 Å². The third-order valence-corrected chi connectivity index (χ3v) is 5.14. The van der Waals surface area contributed by atoms with Gasteiger partial charge in [0.25, 0.3) is 5.91 Å². The van der Waals surface area contributed by atoms with Crippen molar-refractivity contribution in [1.29, 1.82) is 0 Å². The Morgan fingerprint density at radius 2 is 1.38 bits per heavy atom. The molecule has 3 rings (SSSR count). The molecule has 126 valence electrons. The van der Waals surface area contributed by atoms with Crippen LogP contribution in [0.15, 0.2) is 60.7 Å². The highest BCUT2D eigenvalue weighted by Crippen LogP contribution is 2.33. The average molecular weight is 323 g/mol. The van der Waals surface area contributed by atoms with Crippen molar-refractivity contribution in [1.82, 2.24) is 4.90 Å². The van der Waals surface area contributed by atoms with Crippen molar-refractivity contribution in [2.75, 3.05) is 7.05 Å². The summed E-state index contributed by atoms with van der Waals surface area (Å²) in [4.78, 5) is 15.1. The van der Waals surface area contributed by atoms with E-state index in [1.165, 1.54) is 6.42 Å². The zero-order valence-corrected chi connectivity index (χ0v) is 14.2.